The molecular formula is C38H39F3N10O7. The van der Waals surface area contributed by atoms with Crippen LogP contribution in [0.25, 0.3) is 10.9 Å². The normalized spacial score (nSPS) is 17.2. The molecule has 0 saturated carbocycles. The van der Waals surface area contributed by atoms with E-state index in [0.717, 1.165) is 17.0 Å². The zero-order valence-electron chi connectivity index (χ0n) is 31.2. The summed E-state index contributed by atoms with van der Waals surface area (Å²) in [5.74, 6) is -2.88. The van der Waals surface area contributed by atoms with Crippen LogP contribution in [0.2, 0.25) is 0 Å². The van der Waals surface area contributed by atoms with Crippen LogP contribution in [0.1, 0.15) is 49.7 Å². The molecule has 0 spiro atoms. The highest BCUT2D eigenvalue weighted by molar-refractivity contribution is 6.25. The van der Waals surface area contributed by atoms with Crippen LogP contribution >= 0.6 is 0 Å². The van der Waals surface area contributed by atoms with Gasteiger partial charge in [0.15, 0.2) is 0 Å². The second-order valence-electron chi connectivity index (χ2n) is 13.8. The monoisotopic (exact) mass is 804 g/mol. The number of pyridine rings is 1. The van der Waals surface area contributed by atoms with Crippen LogP contribution in [0.15, 0.2) is 54.7 Å². The van der Waals surface area contributed by atoms with Crippen molar-refractivity contribution in [3.05, 3.63) is 77.2 Å². The summed E-state index contributed by atoms with van der Waals surface area (Å²) in [5.41, 5.74) is 0.248. The number of piperidine rings is 1. The molecule has 58 heavy (non-hydrogen) atoms. The van der Waals surface area contributed by atoms with Gasteiger partial charge in [0.1, 0.15) is 23.2 Å². The number of fused-ring (bicyclic) bond motifs is 2. The lowest BCUT2D eigenvalue weighted by Gasteiger charge is -2.37. The van der Waals surface area contributed by atoms with Gasteiger partial charge in [0, 0.05) is 69.9 Å². The minimum absolute atomic E-state index is 0.0350. The average molecular weight is 805 g/mol. The van der Waals surface area contributed by atoms with Crippen LogP contribution < -0.4 is 30.9 Å². The van der Waals surface area contributed by atoms with Gasteiger partial charge < -0.3 is 30.5 Å². The predicted molar refractivity (Wildman–Crippen MR) is 201 cm³/mol. The highest BCUT2D eigenvalue weighted by Crippen LogP contribution is 2.35. The number of nitrogens with one attached hydrogen (secondary N) is 4. The smallest absolute Gasteiger partial charge is 0.433 e. The van der Waals surface area contributed by atoms with Gasteiger partial charge in [0.05, 0.1) is 48.2 Å². The Morgan fingerprint density at radius 3 is 2.45 bits per heavy atom. The van der Waals surface area contributed by atoms with E-state index in [4.69, 9.17) is 4.74 Å². The number of anilines is 2. The Bertz CT molecular complexity index is 2290. The number of carbonyl (C=O) groups excluding carboxylic acids is 6. The standard InChI is InChI=1S/C38H39F3N10O7/c1-58-29-19-25-22(18-26(29)45-34(54)24-5-3-7-30(44-24)38(39,40)41)21-50(47-25)13-12-42-10-11-43-20-32(53)49-16-14-48(15-17-49)27-6-2-4-23-33(27)37(57)51(36(23)56)28-8-9-31(52)46-35(28)55/h2-7,18-19,21,28,42-43H,8-17,20H2,1H3,(H,45,54)(H,46,52,55). The lowest BCUT2D eigenvalue weighted by molar-refractivity contribution is -0.141. The molecule has 3 aliphatic rings. The van der Waals surface area contributed by atoms with Crippen molar-refractivity contribution in [1.29, 1.82) is 0 Å². The molecule has 0 aliphatic carbocycles. The van der Waals surface area contributed by atoms with Crippen LogP contribution in [0, 0.1) is 0 Å². The minimum atomic E-state index is -4.69. The summed E-state index contributed by atoms with van der Waals surface area (Å²) < 4.78 is 46.4. The molecule has 1 atom stereocenters. The quantitative estimate of drug-likeness (QED) is 0.113. The fraction of sp³-hybridized carbons (Fsp3) is 0.368. The molecule has 2 saturated heterocycles. The van der Waals surface area contributed by atoms with E-state index in [1.165, 1.54) is 13.2 Å². The number of halogens is 3. The Morgan fingerprint density at radius 1 is 0.948 bits per heavy atom. The number of alkyl halides is 3. The Labute approximate surface area is 328 Å². The summed E-state index contributed by atoms with van der Waals surface area (Å²) in [7, 11) is 1.40. The first-order chi connectivity index (χ1) is 27.8. The molecule has 1 unspecified atom stereocenters. The maximum absolute atomic E-state index is 13.5. The summed E-state index contributed by atoms with van der Waals surface area (Å²) >= 11 is 0. The molecule has 17 nitrogen and oxygen atoms in total. The molecule has 20 heteroatoms. The SMILES string of the molecule is COc1cc2nn(CCNCCNCC(=O)N3CCN(c4cccc5c4C(=O)N(C4CCC(=O)NC4=O)C5=O)CC3)cc2cc1NC(=O)c1cccc(C(F)(F)F)n1. The average Bonchev–Trinajstić information content (AvgIpc) is 3.72. The number of piperazine rings is 1. The largest absolute Gasteiger partial charge is 0.494 e. The molecule has 2 aromatic carbocycles. The number of rotatable bonds is 13. The number of carbonyl (C=O) groups is 6. The molecule has 304 valence electrons. The topological polar surface area (TPSA) is 200 Å². The highest BCUT2D eigenvalue weighted by Gasteiger charge is 2.46. The molecule has 4 aromatic rings. The molecule has 0 radical (unpaired) electrons. The van der Waals surface area contributed by atoms with Crippen molar-refractivity contribution >= 4 is 57.7 Å². The number of benzene rings is 2. The molecule has 0 bridgehead atoms. The molecule has 6 amide bonds. The lowest BCUT2D eigenvalue weighted by atomic mass is 10.0. The van der Waals surface area contributed by atoms with Gasteiger partial charge in [-0.15, -0.1) is 0 Å². The third kappa shape index (κ3) is 8.33. The number of hydrogen-bond acceptors (Lipinski definition) is 12. The summed E-state index contributed by atoms with van der Waals surface area (Å²) in [6.07, 6.45) is -2.82. The lowest BCUT2D eigenvalue weighted by Crippen LogP contribution is -2.54. The maximum Gasteiger partial charge on any atom is 0.433 e. The van der Waals surface area contributed by atoms with Gasteiger partial charge in [-0.1, -0.05) is 12.1 Å². The van der Waals surface area contributed by atoms with Gasteiger partial charge in [0.25, 0.3) is 17.7 Å². The van der Waals surface area contributed by atoms with E-state index in [1.807, 2.05) is 4.90 Å². The summed E-state index contributed by atoms with van der Waals surface area (Å²) in [5, 5.41) is 16.4. The molecule has 2 fully saturated rings. The van der Waals surface area contributed by atoms with E-state index < -0.39 is 53.1 Å². The van der Waals surface area contributed by atoms with Crippen molar-refractivity contribution in [2.24, 2.45) is 0 Å². The Morgan fingerprint density at radius 2 is 1.71 bits per heavy atom. The Balaban J connectivity index is 0.836. The Hall–Kier alpha value is -6.41. The zero-order valence-corrected chi connectivity index (χ0v) is 31.2. The van der Waals surface area contributed by atoms with E-state index in [0.29, 0.717) is 68.9 Å². The molecule has 5 heterocycles. The van der Waals surface area contributed by atoms with Crippen LogP contribution in [0.5, 0.6) is 5.75 Å². The first-order valence-electron chi connectivity index (χ1n) is 18.5. The van der Waals surface area contributed by atoms with Crippen molar-refractivity contribution < 1.29 is 46.7 Å². The molecule has 4 N–H and O–H groups in total. The number of imide groups is 2. The van der Waals surface area contributed by atoms with E-state index in [2.05, 4.69) is 31.3 Å². The zero-order chi connectivity index (χ0) is 41.1. The fourth-order valence-electron chi connectivity index (χ4n) is 7.15. The van der Waals surface area contributed by atoms with Crippen LogP contribution in [-0.4, -0.2) is 126 Å². The van der Waals surface area contributed by atoms with Crippen LogP contribution in [0.3, 0.4) is 0 Å². The fourth-order valence-corrected chi connectivity index (χ4v) is 7.15. The summed E-state index contributed by atoms with van der Waals surface area (Å²) in [6.45, 7) is 3.95. The number of aromatic nitrogens is 3. The first-order valence-corrected chi connectivity index (χ1v) is 18.5. The van der Waals surface area contributed by atoms with Gasteiger partial charge in [-0.05, 0) is 36.8 Å². The number of amides is 6. The number of nitrogens with zero attached hydrogens (tertiary/aromatic N) is 6. The van der Waals surface area contributed by atoms with E-state index >= 15 is 0 Å². The van der Waals surface area contributed by atoms with E-state index in [1.54, 1.807) is 46.1 Å². The van der Waals surface area contributed by atoms with Gasteiger partial charge >= 0.3 is 6.18 Å². The summed E-state index contributed by atoms with van der Waals surface area (Å²) in [4.78, 5) is 84.6. The molecule has 3 aliphatic heterocycles. The predicted octanol–water partition coefficient (Wildman–Crippen LogP) is 1.64. The number of methoxy groups -OCH3 is 1. The minimum Gasteiger partial charge on any atom is -0.494 e. The van der Waals surface area contributed by atoms with E-state index in [9.17, 15) is 41.9 Å². The van der Waals surface area contributed by atoms with Crippen molar-refractivity contribution in [3.8, 4) is 5.75 Å². The molecule has 2 aromatic heterocycles. The highest BCUT2D eigenvalue weighted by atomic mass is 19.4. The van der Waals surface area contributed by atoms with Crippen molar-refractivity contribution in [2.75, 3.05) is 69.7 Å². The second-order valence-corrected chi connectivity index (χ2v) is 13.8. The van der Waals surface area contributed by atoms with Crippen molar-refractivity contribution in [2.45, 2.75) is 31.6 Å². The third-order valence-electron chi connectivity index (χ3n) is 10.1. The van der Waals surface area contributed by atoms with Crippen molar-refractivity contribution in [1.82, 2.24) is 40.5 Å². The second kappa shape index (κ2) is 16.6. The third-order valence-corrected chi connectivity index (χ3v) is 10.1. The number of hydrogen-bond donors (Lipinski definition) is 4. The van der Waals surface area contributed by atoms with Gasteiger partial charge in [-0.3, -0.25) is 43.7 Å². The van der Waals surface area contributed by atoms with Crippen LogP contribution in [0.4, 0.5) is 24.5 Å². The molecule has 7 rings (SSSR count). The molecular weight excluding hydrogens is 765 g/mol. The summed E-state index contributed by atoms with van der Waals surface area (Å²) in [6, 6.07) is 10.3. The van der Waals surface area contributed by atoms with Gasteiger partial charge in [0.2, 0.25) is 17.7 Å². The van der Waals surface area contributed by atoms with Crippen molar-refractivity contribution in [3.63, 3.8) is 0 Å². The van der Waals surface area contributed by atoms with E-state index in [-0.39, 0.29) is 47.9 Å². The van der Waals surface area contributed by atoms with Gasteiger partial charge in [-0.2, -0.15) is 18.3 Å². The van der Waals surface area contributed by atoms with Crippen LogP contribution in [-0.2, 0) is 27.1 Å². The Kier molecular flexibility index (Phi) is 11.4. The first kappa shape index (κ1) is 39.8. The number of ether oxygens (including phenoxy) is 1. The maximum atomic E-state index is 13.5. The van der Waals surface area contributed by atoms with Gasteiger partial charge in [-0.25, -0.2) is 4.98 Å².